The van der Waals surface area contributed by atoms with Crippen LogP contribution in [0, 0.1) is 5.92 Å². The number of benzene rings is 1. The van der Waals surface area contributed by atoms with E-state index in [4.69, 9.17) is 10.2 Å². The van der Waals surface area contributed by atoms with Crippen molar-refractivity contribution in [3.05, 3.63) is 53.9 Å². The van der Waals surface area contributed by atoms with E-state index in [1.165, 1.54) is 6.39 Å². The van der Waals surface area contributed by atoms with Gasteiger partial charge in [0.15, 0.2) is 12.1 Å². The molecule has 7 heteroatoms. The summed E-state index contributed by atoms with van der Waals surface area (Å²) in [6.07, 6.45) is 4.00. The zero-order valence-electron chi connectivity index (χ0n) is 13.3. The van der Waals surface area contributed by atoms with Crippen molar-refractivity contribution in [1.82, 2.24) is 14.9 Å². The van der Waals surface area contributed by atoms with Crippen LogP contribution in [0.3, 0.4) is 0 Å². The number of aromatic amines is 1. The summed E-state index contributed by atoms with van der Waals surface area (Å²) in [5, 5.41) is 0.922. The third kappa shape index (κ3) is 1.89. The summed E-state index contributed by atoms with van der Waals surface area (Å²) in [5.41, 5.74) is 7.20. The lowest BCUT2D eigenvalue weighted by Gasteiger charge is -2.35. The van der Waals surface area contributed by atoms with E-state index >= 15 is 0 Å². The van der Waals surface area contributed by atoms with Crippen LogP contribution in [0.1, 0.15) is 38.9 Å². The Morgan fingerprint density at radius 3 is 3.04 bits per heavy atom. The van der Waals surface area contributed by atoms with Gasteiger partial charge in [-0.2, -0.15) is 0 Å². The van der Waals surface area contributed by atoms with E-state index in [9.17, 15) is 9.59 Å². The van der Waals surface area contributed by atoms with E-state index in [0.717, 1.165) is 17.3 Å². The predicted octanol–water partition coefficient (Wildman–Crippen LogP) is 1.88. The molecule has 25 heavy (non-hydrogen) atoms. The molecule has 2 aliphatic heterocycles. The van der Waals surface area contributed by atoms with Gasteiger partial charge in [0.2, 0.25) is 0 Å². The first-order valence-corrected chi connectivity index (χ1v) is 8.25. The highest BCUT2D eigenvalue weighted by Gasteiger charge is 2.56. The number of nitrogens with two attached hydrogens (primary N) is 1. The van der Waals surface area contributed by atoms with E-state index < -0.39 is 5.91 Å². The van der Waals surface area contributed by atoms with Gasteiger partial charge in [-0.1, -0.05) is 6.07 Å². The Morgan fingerprint density at radius 1 is 1.32 bits per heavy atom. The van der Waals surface area contributed by atoms with Crippen LogP contribution in [0.25, 0.3) is 10.9 Å². The normalized spacial score (nSPS) is 24.5. The number of hydrogen-bond acceptors (Lipinski definition) is 4. The zero-order chi connectivity index (χ0) is 17.1. The minimum Gasteiger partial charge on any atom is -0.447 e. The summed E-state index contributed by atoms with van der Waals surface area (Å²) in [6.45, 7) is 0.661. The van der Waals surface area contributed by atoms with Gasteiger partial charge in [0.25, 0.3) is 11.8 Å². The fourth-order valence-corrected chi connectivity index (χ4v) is 4.34. The third-order valence-corrected chi connectivity index (χ3v) is 5.52. The number of rotatable bonds is 3. The molecule has 7 nitrogen and oxygen atoms in total. The van der Waals surface area contributed by atoms with Crippen LogP contribution in [0.15, 0.2) is 41.3 Å². The highest BCUT2D eigenvalue weighted by Crippen LogP contribution is 2.53. The highest BCUT2D eigenvalue weighted by atomic mass is 16.3. The average molecular weight is 336 g/mol. The Kier molecular flexibility index (Phi) is 2.83. The molecular formula is C18H16N4O3. The van der Waals surface area contributed by atoms with Crippen molar-refractivity contribution in [2.75, 3.05) is 6.54 Å². The molecule has 1 aliphatic carbocycles. The van der Waals surface area contributed by atoms with Crippen molar-refractivity contribution >= 4 is 22.7 Å². The molecule has 4 heterocycles. The molecule has 3 N–H and O–H groups in total. The number of amides is 2. The van der Waals surface area contributed by atoms with Crippen LogP contribution >= 0.6 is 0 Å². The Bertz CT molecular complexity index is 1000. The van der Waals surface area contributed by atoms with Gasteiger partial charge in [0, 0.05) is 41.2 Å². The van der Waals surface area contributed by atoms with E-state index in [0.29, 0.717) is 17.9 Å². The van der Waals surface area contributed by atoms with Gasteiger partial charge in [-0.25, -0.2) is 4.98 Å². The van der Waals surface area contributed by atoms with Gasteiger partial charge in [0.05, 0.1) is 0 Å². The number of aromatic nitrogens is 2. The average Bonchev–Trinajstić information content (AvgIpc) is 3.34. The zero-order valence-corrected chi connectivity index (χ0v) is 13.3. The van der Waals surface area contributed by atoms with Crippen molar-refractivity contribution in [3.8, 4) is 0 Å². The van der Waals surface area contributed by atoms with Gasteiger partial charge >= 0.3 is 0 Å². The first-order chi connectivity index (χ1) is 12.1. The molecule has 0 spiro atoms. The molecule has 2 amide bonds. The van der Waals surface area contributed by atoms with Crippen molar-refractivity contribution in [1.29, 1.82) is 0 Å². The Balaban J connectivity index is 1.47. The summed E-state index contributed by atoms with van der Waals surface area (Å²) >= 11 is 0. The second-order valence-corrected chi connectivity index (χ2v) is 6.72. The smallest absolute Gasteiger partial charge is 0.270 e. The molecule has 126 valence electrons. The quantitative estimate of drug-likeness (QED) is 0.762. The summed E-state index contributed by atoms with van der Waals surface area (Å²) < 4.78 is 5.45. The van der Waals surface area contributed by atoms with Crippen molar-refractivity contribution < 1.29 is 14.0 Å². The molecular weight excluding hydrogens is 320 g/mol. The van der Waals surface area contributed by atoms with E-state index in [-0.39, 0.29) is 29.5 Å². The number of primary amides is 1. The standard InChI is InChI=1S/C18H16N4O3/c19-17(23)15-16(25-8-21-15)14-9-6-13(14)22(7-9)18(24)11-2-1-3-12-10(11)4-5-20-12/h1-5,8-9,13-14,20H,6-7H2,(H2,19,23). The molecule has 2 saturated heterocycles. The number of fused-ring (bicyclic) bond motifs is 2. The van der Waals surface area contributed by atoms with Gasteiger partial charge in [-0.3, -0.25) is 9.59 Å². The largest absolute Gasteiger partial charge is 0.447 e. The Morgan fingerprint density at radius 2 is 2.20 bits per heavy atom. The minimum atomic E-state index is -0.593. The lowest BCUT2D eigenvalue weighted by atomic mass is 9.72. The SMILES string of the molecule is NC(=O)c1ncoc1C1C2CC1N(C(=O)c1cccc3[nH]ccc13)C2. The van der Waals surface area contributed by atoms with E-state index in [1.54, 1.807) is 0 Å². The molecule has 3 aliphatic rings. The number of oxazole rings is 1. The van der Waals surface area contributed by atoms with E-state index in [2.05, 4.69) is 9.97 Å². The monoisotopic (exact) mass is 336 g/mol. The van der Waals surface area contributed by atoms with Crippen molar-refractivity contribution in [2.24, 2.45) is 11.7 Å². The van der Waals surface area contributed by atoms with Crippen molar-refractivity contribution in [3.63, 3.8) is 0 Å². The number of carbonyl (C=O) groups excluding carboxylic acids is 2. The predicted molar refractivity (Wildman–Crippen MR) is 89.0 cm³/mol. The van der Waals surface area contributed by atoms with Crippen LogP contribution in [0.5, 0.6) is 0 Å². The van der Waals surface area contributed by atoms with Crippen molar-refractivity contribution in [2.45, 2.75) is 18.4 Å². The first-order valence-electron chi connectivity index (χ1n) is 8.25. The minimum absolute atomic E-state index is 0.000576. The number of H-pyrrole nitrogens is 1. The van der Waals surface area contributed by atoms with Gasteiger partial charge in [-0.15, -0.1) is 0 Å². The van der Waals surface area contributed by atoms with Gasteiger partial charge in [0.1, 0.15) is 5.76 Å². The number of carbonyl (C=O) groups is 2. The maximum absolute atomic E-state index is 13.1. The second kappa shape index (κ2) is 4.95. The molecule has 1 aromatic carbocycles. The van der Waals surface area contributed by atoms with Crippen LogP contribution in [-0.2, 0) is 0 Å². The van der Waals surface area contributed by atoms with E-state index in [1.807, 2.05) is 35.4 Å². The van der Waals surface area contributed by atoms with Crippen LogP contribution in [0.4, 0.5) is 0 Å². The molecule has 0 radical (unpaired) electrons. The summed E-state index contributed by atoms with van der Waals surface area (Å²) in [4.78, 5) is 33.6. The lowest BCUT2D eigenvalue weighted by Crippen LogP contribution is -2.40. The fourth-order valence-electron chi connectivity index (χ4n) is 4.34. The molecule has 3 unspecified atom stereocenters. The molecule has 3 atom stereocenters. The molecule has 3 fully saturated rings. The number of nitrogens with one attached hydrogen (secondary N) is 1. The molecule has 6 rings (SSSR count). The Hall–Kier alpha value is -3.09. The molecule has 3 aromatic rings. The molecule has 1 saturated carbocycles. The number of nitrogens with zero attached hydrogens (tertiary/aromatic N) is 2. The number of hydrogen-bond donors (Lipinski definition) is 2. The maximum atomic E-state index is 13.1. The third-order valence-electron chi connectivity index (χ3n) is 5.52. The lowest BCUT2D eigenvalue weighted by molar-refractivity contribution is 0.0731. The van der Waals surface area contributed by atoms with Crippen LogP contribution < -0.4 is 5.73 Å². The highest BCUT2D eigenvalue weighted by molar-refractivity contribution is 6.06. The van der Waals surface area contributed by atoms with Gasteiger partial charge in [-0.05, 0) is 30.5 Å². The Labute approximate surface area is 142 Å². The summed E-state index contributed by atoms with van der Waals surface area (Å²) in [7, 11) is 0. The van der Waals surface area contributed by atoms with Crippen LogP contribution in [0.2, 0.25) is 0 Å². The molecule has 2 aromatic heterocycles. The van der Waals surface area contributed by atoms with Gasteiger partial charge < -0.3 is 20.0 Å². The topological polar surface area (TPSA) is 105 Å². The first kappa shape index (κ1) is 14.3. The van der Waals surface area contributed by atoms with Crippen LogP contribution in [-0.4, -0.2) is 39.3 Å². The summed E-state index contributed by atoms with van der Waals surface area (Å²) in [5.74, 6) is 0.221. The second-order valence-electron chi connectivity index (χ2n) is 6.72. The fraction of sp³-hybridized carbons (Fsp3) is 0.278. The molecule has 2 bridgehead atoms. The maximum Gasteiger partial charge on any atom is 0.270 e. The summed E-state index contributed by atoms with van der Waals surface area (Å²) in [6, 6.07) is 7.63.